The molecule has 0 spiro atoms. The molecular weight excluding hydrogens is 407 g/mol. The molecule has 4 unspecified atom stereocenters. The molecule has 1 aromatic carbocycles. The maximum Gasteiger partial charge on any atom is 0.0900 e. The van der Waals surface area contributed by atoms with Gasteiger partial charge >= 0.3 is 0 Å². The Morgan fingerprint density at radius 2 is 1.93 bits per heavy atom. The van der Waals surface area contributed by atoms with Crippen LogP contribution in [0.5, 0.6) is 0 Å². The van der Waals surface area contributed by atoms with E-state index in [1.54, 1.807) is 0 Å². The van der Waals surface area contributed by atoms with Gasteiger partial charge in [-0.25, -0.2) is 0 Å². The van der Waals surface area contributed by atoms with Crippen molar-refractivity contribution in [2.45, 2.75) is 52.2 Å². The minimum absolute atomic E-state index is 0. The van der Waals surface area contributed by atoms with Gasteiger partial charge in [0.05, 0.1) is 18.8 Å². The summed E-state index contributed by atoms with van der Waals surface area (Å²) in [5.41, 5.74) is 1.72. The Morgan fingerprint density at radius 1 is 1.21 bits per heavy atom. The Morgan fingerprint density at radius 3 is 2.55 bits per heavy atom. The number of halogens is 2. The molecule has 29 heavy (non-hydrogen) atoms. The number of anilines is 1. The lowest BCUT2D eigenvalue weighted by atomic mass is 9.70. The number of β-amino-alcohol motifs (C(OH)–C–C–N with tert-alkyl or cyclic N) is 1. The number of aliphatic hydroxyl groups is 1. The summed E-state index contributed by atoms with van der Waals surface area (Å²) in [5.74, 6) is 0.777. The summed E-state index contributed by atoms with van der Waals surface area (Å²) in [6, 6.07) is 8.05. The van der Waals surface area contributed by atoms with E-state index in [2.05, 4.69) is 36.6 Å². The second-order valence-electron chi connectivity index (χ2n) is 10.0. The molecule has 3 aliphatic rings. The molecule has 4 atom stereocenters. The first kappa shape index (κ1) is 23.1. The molecule has 1 heterocycles. The zero-order valence-corrected chi connectivity index (χ0v) is 19.5. The van der Waals surface area contributed by atoms with Gasteiger partial charge in [-0.2, -0.15) is 0 Å². The summed E-state index contributed by atoms with van der Waals surface area (Å²) >= 11 is 6.12. The molecule has 2 saturated carbocycles. The second-order valence-corrected chi connectivity index (χ2v) is 10.5. The van der Waals surface area contributed by atoms with E-state index in [1.165, 1.54) is 24.9 Å². The molecule has 4 rings (SSSR count). The third-order valence-corrected chi connectivity index (χ3v) is 7.84. The third kappa shape index (κ3) is 4.72. The molecular formula is C23H36Cl2N2O2. The molecule has 1 aliphatic heterocycles. The van der Waals surface area contributed by atoms with Crippen LogP contribution in [-0.2, 0) is 4.74 Å². The predicted molar refractivity (Wildman–Crippen MR) is 122 cm³/mol. The fourth-order valence-electron chi connectivity index (χ4n) is 6.09. The van der Waals surface area contributed by atoms with E-state index in [9.17, 15) is 5.11 Å². The number of nitrogens with zero attached hydrogens (tertiary/aromatic N) is 2. The SMILES string of the molecule is CC12CCC(C1)C(C)(C)C2OCC(O)CN1CCN(c2cccc(Cl)c2)CC1.Cl. The fourth-order valence-corrected chi connectivity index (χ4v) is 6.28. The van der Waals surface area contributed by atoms with Crippen LogP contribution in [0.4, 0.5) is 5.69 Å². The normalized spacial score (nSPS) is 32.2. The minimum Gasteiger partial charge on any atom is -0.389 e. The van der Waals surface area contributed by atoms with E-state index >= 15 is 0 Å². The van der Waals surface area contributed by atoms with Crippen molar-refractivity contribution in [2.24, 2.45) is 16.7 Å². The highest BCUT2D eigenvalue weighted by atomic mass is 35.5. The lowest BCUT2D eigenvalue weighted by Crippen LogP contribution is -2.50. The summed E-state index contributed by atoms with van der Waals surface area (Å²) in [7, 11) is 0. The number of benzene rings is 1. The Kier molecular flexibility index (Phi) is 7.12. The summed E-state index contributed by atoms with van der Waals surface area (Å²) in [4.78, 5) is 4.71. The van der Waals surface area contributed by atoms with Crippen molar-refractivity contribution in [3.05, 3.63) is 29.3 Å². The number of hydrogen-bond acceptors (Lipinski definition) is 4. The van der Waals surface area contributed by atoms with E-state index in [0.29, 0.717) is 18.6 Å². The van der Waals surface area contributed by atoms with Gasteiger partial charge in [-0.1, -0.05) is 38.4 Å². The largest absolute Gasteiger partial charge is 0.389 e. The number of hydrogen-bond donors (Lipinski definition) is 1. The Hall–Kier alpha value is -0.520. The van der Waals surface area contributed by atoms with Crippen molar-refractivity contribution >= 4 is 29.7 Å². The summed E-state index contributed by atoms with van der Waals surface area (Å²) in [6.07, 6.45) is 3.74. The van der Waals surface area contributed by atoms with Crippen LogP contribution in [0.25, 0.3) is 0 Å². The number of aliphatic hydroxyl groups excluding tert-OH is 1. The van der Waals surface area contributed by atoms with Gasteiger partial charge in [0.1, 0.15) is 0 Å². The summed E-state index contributed by atoms with van der Waals surface area (Å²) in [5, 5.41) is 11.4. The zero-order valence-electron chi connectivity index (χ0n) is 17.9. The van der Waals surface area contributed by atoms with Crippen LogP contribution < -0.4 is 4.90 Å². The molecule has 0 radical (unpaired) electrons. The van der Waals surface area contributed by atoms with Gasteiger partial charge in [0.2, 0.25) is 0 Å². The van der Waals surface area contributed by atoms with Gasteiger partial charge in [0.25, 0.3) is 0 Å². The molecule has 1 aromatic rings. The van der Waals surface area contributed by atoms with Crippen LogP contribution in [0.15, 0.2) is 24.3 Å². The molecule has 6 heteroatoms. The lowest BCUT2D eigenvalue weighted by molar-refractivity contribution is -0.113. The summed E-state index contributed by atoms with van der Waals surface area (Å²) in [6.45, 7) is 12.1. The van der Waals surface area contributed by atoms with Gasteiger partial charge in [-0.05, 0) is 54.2 Å². The maximum absolute atomic E-state index is 10.6. The molecule has 1 saturated heterocycles. The first-order valence-corrected chi connectivity index (χ1v) is 11.2. The molecule has 2 aliphatic carbocycles. The Labute approximate surface area is 187 Å². The quantitative estimate of drug-likeness (QED) is 0.704. The van der Waals surface area contributed by atoms with Crippen molar-refractivity contribution in [3.8, 4) is 0 Å². The van der Waals surface area contributed by atoms with Crippen LogP contribution in [0, 0.1) is 16.7 Å². The molecule has 0 aromatic heterocycles. The van der Waals surface area contributed by atoms with Crippen LogP contribution in [-0.4, -0.2) is 61.5 Å². The fraction of sp³-hybridized carbons (Fsp3) is 0.739. The smallest absolute Gasteiger partial charge is 0.0900 e. The van der Waals surface area contributed by atoms with Crippen LogP contribution in [0.2, 0.25) is 5.02 Å². The van der Waals surface area contributed by atoms with Crippen molar-refractivity contribution in [1.29, 1.82) is 0 Å². The first-order valence-electron chi connectivity index (χ1n) is 10.8. The van der Waals surface area contributed by atoms with Crippen LogP contribution in [0.1, 0.15) is 40.0 Å². The van der Waals surface area contributed by atoms with Gasteiger partial charge < -0.3 is 14.7 Å². The summed E-state index contributed by atoms with van der Waals surface area (Å²) < 4.78 is 6.36. The van der Waals surface area contributed by atoms with Crippen LogP contribution >= 0.6 is 24.0 Å². The monoisotopic (exact) mass is 442 g/mol. The van der Waals surface area contributed by atoms with Gasteiger partial charge in [0.15, 0.2) is 0 Å². The standard InChI is InChI=1S/C23H35ClN2O2.ClH/c1-22(2)17-7-8-23(3,14-17)21(22)28-16-20(27)15-25-9-11-26(12-10-25)19-6-4-5-18(24)13-19;/h4-6,13,17,20-21,27H,7-12,14-16H2,1-3H3;1H. The van der Waals surface area contributed by atoms with Crippen LogP contribution in [0.3, 0.4) is 0 Å². The first-order chi connectivity index (χ1) is 13.3. The highest BCUT2D eigenvalue weighted by Gasteiger charge is 2.60. The van der Waals surface area contributed by atoms with E-state index < -0.39 is 6.10 Å². The van der Waals surface area contributed by atoms with Gasteiger partial charge in [-0.3, -0.25) is 4.90 Å². The van der Waals surface area contributed by atoms with Crippen molar-refractivity contribution < 1.29 is 9.84 Å². The molecule has 164 valence electrons. The highest BCUT2D eigenvalue weighted by Crippen LogP contribution is 2.63. The minimum atomic E-state index is -0.420. The zero-order chi connectivity index (χ0) is 19.9. The predicted octanol–water partition coefficient (Wildman–Crippen LogP) is 4.48. The second kappa shape index (κ2) is 8.92. The van der Waals surface area contributed by atoms with Gasteiger partial charge in [-0.15, -0.1) is 12.4 Å². The van der Waals surface area contributed by atoms with E-state index in [-0.39, 0.29) is 23.9 Å². The number of piperazine rings is 1. The average molecular weight is 443 g/mol. The van der Waals surface area contributed by atoms with Crippen molar-refractivity contribution in [3.63, 3.8) is 0 Å². The average Bonchev–Trinajstić information content (AvgIpc) is 3.13. The van der Waals surface area contributed by atoms with E-state index in [4.69, 9.17) is 16.3 Å². The number of rotatable bonds is 6. The lowest BCUT2D eigenvalue weighted by Gasteiger charge is -2.43. The van der Waals surface area contributed by atoms with Crippen molar-refractivity contribution in [1.82, 2.24) is 4.90 Å². The van der Waals surface area contributed by atoms with E-state index in [0.717, 1.165) is 37.1 Å². The topological polar surface area (TPSA) is 35.9 Å². The molecule has 0 amide bonds. The Bertz CT molecular complexity index is 688. The van der Waals surface area contributed by atoms with E-state index in [1.807, 2.05) is 18.2 Å². The maximum atomic E-state index is 10.6. The Balaban J connectivity index is 0.00000240. The highest BCUT2D eigenvalue weighted by molar-refractivity contribution is 6.30. The number of ether oxygens (including phenoxy) is 1. The number of fused-ring (bicyclic) bond motifs is 2. The molecule has 3 fully saturated rings. The molecule has 1 N–H and O–H groups in total. The van der Waals surface area contributed by atoms with Gasteiger partial charge in [0, 0.05) is 43.4 Å². The van der Waals surface area contributed by atoms with Crippen molar-refractivity contribution in [2.75, 3.05) is 44.2 Å². The molecule has 2 bridgehead atoms. The molecule has 4 nitrogen and oxygen atoms in total. The third-order valence-electron chi connectivity index (χ3n) is 7.61.